The van der Waals surface area contributed by atoms with Crippen LogP contribution in [0.15, 0.2) is 115 Å². The molecular formula is C30H19O3P. The molecule has 2 aliphatic heterocycles. The van der Waals surface area contributed by atoms with Crippen molar-refractivity contribution in [2.45, 2.75) is 0 Å². The summed E-state index contributed by atoms with van der Waals surface area (Å²) >= 11 is 0. The van der Waals surface area contributed by atoms with Crippen molar-refractivity contribution < 1.29 is 14.0 Å². The summed E-state index contributed by atoms with van der Waals surface area (Å²) in [5.41, 5.74) is 4.23. The zero-order chi connectivity index (χ0) is 22.7. The van der Waals surface area contributed by atoms with Gasteiger partial charge in [0.2, 0.25) is 0 Å². The molecule has 0 bridgehead atoms. The van der Waals surface area contributed by atoms with E-state index in [1.165, 1.54) is 0 Å². The minimum atomic E-state index is -3.19. The predicted octanol–water partition coefficient (Wildman–Crippen LogP) is 6.87. The fraction of sp³-hybridized carbons (Fsp3) is 0. The summed E-state index contributed by atoms with van der Waals surface area (Å²) in [7, 11) is -3.19. The van der Waals surface area contributed by atoms with Gasteiger partial charge in [-0.15, -0.1) is 0 Å². The van der Waals surface area contributed by atoms with E-state index in [2.05, 4.69) is 24.3 Å². The lowest BCUT2D eigenvalue weighted by Gasteiger charge is -2.34. The lowest BCUT2D eigenvalue weighted by atomic mass is 10.1. The molecule has 0 amide bonds. The van der Waals surface area contributed by atoms with Gasteiger partial charge < -0.3 is 14.0 Å². The average molecular weight is 458 g/mol. The molecule has 0 radical (unpaired) electrons. The highest BCUT2D eigenvalue weighted by Crippen LogP contribution is 2.58. The van der Waals surface area contributed by atoms with Crippen molar-refractivity contribution in [2.75, 3.05) is 0 Å². The molecule has 0 atom stereocenters. The van der Waals surface area contributed by atoms with Crippen LogP contribution in [0.3, 0.4) is 0 Å². The topological polar surface area (TPSA) is 35.5 Å². The van der Waals surface area contributed by atoms with E-state index in [0.29, 0.717) is 38.9 Å². The van der Waals surface area contributed by atoms with E-state index in [1.807, 2.05) is 91.0 Å². The first-order valence-corrected chi connectivity index (χ1v) is 12.9. The second kappa shape index (κ2) is 7.21. The fourth-order valence-corrected chi connectivity index (χ4v) is 7.93. The van der Waals surface area contributed by atoms with Gasteiger partial charge in [-0.25, -0.2) is 0 Å². The third kappa shape index (κ3) is 2.74. The van der Waals surface area contributed by atoms with E-state index < -0.39 is 7.14 Å². The van der Waals surface area contributed by atoms with Crippen molar-refractivity contribution in [1.82, 2.24) is 0 Å². The Balaban J connectivity index is 1.45. The first-order chi connectivity index (χ1) is 16.7. The van der Waals surface area contributed by atoms with Gasteiger partial charge in [-0.05, 0) is 58.7 Å². The quantitative estimate of drug-likeness (QED) is 0.265. The predicted molar refractivity (Wildman–Crippen MR) is 137 cm³/mol. The zero-order valence-corrected chi connectivity index (χ0v) is 19.0. The summed E-state index contributed by atoms with van der Waals surface area (Å²) in [5, 5.41) is 2.07. The molecule has 2 aliphatic rings. The maximum absolute atomic E-state index is 15.1. The molecule has 0 spiro atoms. The summed E-state index contributed by atoms with van der Waals surface area (Å²) in [6, 6.07) is 37.9. The Bertz CT molecular complexity index is 1510. The number of hydrogen-bond donors (Lipinski definition) is 0. The molecule has 0 aromatic heterocycles. The fourth-order valence-electron chi connectivity index (χ4n) is 4.92. The largest absolute Gasteiger partial charge is 0.456 e. The lowest BCUT2D eigenvalue weighted by molar-refractivity contribution is 0.462. The van der Waals surface area contributed by atoms with E-state index in [4.69, 9.17) is 9.47 Å². The van der Waals surface area contributed by atoms with Crippen molar-refractivity contribution in [3.05, 3.63) is 115 Å². The minimum absolute atomic E-state index is 0.594. The minimum Gasteiger partial charge on any atom is -0.456 e. The van der Waals surface area contributed by atoms with Gasteiger partial charge in [0, 0.05) is 0 Å². The van der Waals surface area contributed by atoms with Crippen LogP contribution in [0.4, 0.5) is 0 Å². The van der Waals surface area contributed by atoms with E-state index >= 15 is 4.57 Å². The van der Waals surface area contributed by atoms with E-state index in [-0.39, 0.29) is 0 Å². The lowest BCUT2D eigenvalue weighted by Crippen LogP contribution is -2.35. The van der Waals surface area contributed by atoms with Gasteiger partial charge in [0.05, 0.1) is 10.6 Å². The van der Waals surface area contributed by atoms with Crippen LogP contribution in [-0.4, -0.2) is 0 Å². The second-order valence-electron chi connectivity index (χ2n) is 8.51. The summed E-state index contributed by atoms with van der Waals surface area (Å²) in [6.45, 7) is 0. The standard InChI is InChI=1S/C30H19O3P/c31-34-28-16-14-22(20-8-3-1-4-9-20)18-26(28)32-24-12-7-13-25(30(24)34)33-27-19-23(15-17-29(27)34)21-10-5-2-6-11-21/h1-19H. The Morgan fingerprint density at radius 2 is 0.912 bits per heavy atom. The third-order valence-electron chi connectivity index (χ3n) is 6.53. The number of fused-ring (bicyclic) bond motifs is 4. The van der Waals surface area contributed by atoms with Crippen LogP contribution in [0.1, 0.15) is 0 Å². The van der Waals surface area contributed by atoms with Crippen LogP contribution >= 0.6 is 7.14 Å². The molecule has 2 heterocycles. The Morgan fingerprint density at radius 3 is 1.38 bits per heavy atom. The van der Waals surface area contributed by atoms with Crippen molar-refractivity contribution >= 4 is 23.1 Å². The Labute approximate surface area is 197 Å². The highest BCUT2D eigenvalue weighted by atomic mass is 31.2. The molecule has 0 fully saturated rings. The monoisotopic (exact) mass is 458 g/mol. The molecule has 0 aliphatic carbocycles. The molecule has 0 unspecified atom stereocenters. The first-order valence-electron chi connectivity index (χ1n) is 11.2. The van der Waals surface area contributed by atoms with Crippen LogP contribution in [0, 0.1) is 0 Å². The highest BCUT2D eigenvalue weighted by molar-refractivity contribution is 7.86. The van der Waals surface area contributed by atoms with Crippen LogP contribution in [-0.2, 0) is 4.57 Å². The third-order valence-corrected chi connectivity index (χ3v) is 9.70. The van der Waals surface area contributed by atoms with Crippen LogP contribution in [0.2, 0.25) is 0 Å². The molecule has 5 aromatic rings. The molecule has 162 valence electrons. The van der Waals surface area contributed by atoms with E-state index in [1.54, 1.807) is 0 Å². The summed E-state index contributed by atoms with van der Waals surface area (Å²) in [4.78, 5) is 0. The maximum Gasteiger partial charge on any atom is 0.185 e. The summed E-state index contributed by atoms with van der Waals surface area (Å²) < 4.78 is 27.7. The van der Waals surface area contributed by atoms with E-state index in [9.17, 15) is 0 Å². The second-order valence-corrected chi connectivity index (χ2v) is 11.1. The molecule has 0 N–H and O–H groups in total. The smallest absolute Gasteiger partial charge is 0.185 e. The Kier molecular flexibility index (Phi) is 4.12. The van der Waals surface area contributed by atoms with Crippen molar-refractivity contribution in [3.8, 4) is 45.3 Å². The van der Waals surface area contributed by atoms with Gasteiger partial charge in [-0.1, -0.05) is 78.9 Å². The molecule has 0 saturated carbocycles. The summed E-state index contributed by atoms with van der Waals surface area (Å²) in [6.07, 6.45) is 0. The Morgan fingerprint density at radius 1 is 0.441 bits per heavy atom. The molecular weight excluding hydrogens is 439 g/mol. The van der Waals surface area contributed by atoms with Gasteiger partial charge in [0.15, 0.2) is 7.14 Å². The van der Waals surface area contributed by atoms with Crippen molar-refractivity contribution in [2.24, 2.45) is 0 Å². The van der Waals surface area contributed by atoms with Gasteiger partial charge in [0.25, 0.3) is 0 Å². The number of hydrogen-bond acceptors (Lipinski definition) is 3. The normalized spacial score (nSPS) is 14.1. The zero-order valence-electron chi connectivity index (χ0n) is 18.1. The van der Waals surface area contributed by atoms with Crippen molar-refractivity contribution in [3.63, 3.8) is 0 Å². The van der Waals surface area contributed by atoms with Crippen molar-refractivity contribution in [1.29, 1.82) is 0 Å². The molecule has 5 aromatic carbocycles. The van der Waals surface area contributed by atoms with Crippen LogP contribution < -0.4 is 25.4 Å². The molecule has 3 nitrogen and oxygen atoms in total. The first kappa shape index (κ1) is 19.4. The van der Waals surface area contributed by atoms with Crippen LogP contribution in [0.25, 0.3) is 22.3 Å². The summed E-state index contributed by atoms with van der Waals surface area (Å²) in [5.74, 6) is 2.45. The van der Waals surface area contributed by atoms with Gasteiger partial charge in [-0.2, -0.15) is 0 Å². The van der Waals surface area contributed by atoms with Gasteiger partial charge in [-0.3, -0.25) is 0 Å². The van der Waals surface area contributed by atoms with Gasteiger partial charge in [0.1, 0.15) is 28.3 Å². The van der Waals surface area contributed by atoms with Crippen LogP contribution in [0.5, 0.6) is 23.0 Å². The molecule has 34 heavy (non-hydrogen) atoms. The average Bonchev–Trinajstić information content (AvgIpc) is 2.89. The molecule has 4 heteroatoms. The highest BCUT2D eigenvalue weighted by Gasteiger charge is 2.46. The SMILES string of the molecule is O=P12c3ccc(-c4ccccc4)cc3Oc3cccc(c31)Oc1cc(-c3ccccc3)ccc12. The number of benzene rings is 5. The molecule has 7 rings (SSSR count). The number of rotatable bonds is 2. The Hall–Kier alpha value is -4.07. The molecule has 0 saturated heterocycles. The number of ether oxygens (including phenoxy) is 2. The maximum atomic E-state index is 15.1. The van der Waals surface area contributed by atoms with Gasteiger partial charge >= 0.3 is 0 Å². The van der Waals surface area contributed by atoms with E-state index in [0.717, 1.165) is 22.3 Å².